The zero-order chi connectivity index (χ0) is 14.5. The minimum atomic E-state index is -0.0960. The van der Waals surface area contributed by atoms with Gasteiger partial charge in [-0.15, -0.1) is 11.8 Å². The molecule has 4 nitrogen and oxygen atoms in total. The van der Waals surface area contributed by atoms with Crippen molar-refractivity contribution in [3.8, 4) is 0 Å². The molecule has 1 atom stereocenters. The van der Waals surface area contributed by atoms with Crippen LogP contribution in [-0.4, -0.2) is 53.0 Å². The predicted octanol–water partition coefficient (Wildman–Crippen LogP) is 1.86. The smallest absolute Gasteiger partial charge is 0.235 e. The Balaban J connectivity index is 1.87. The lowest BCUT2D eigenvalue weighted by atomic mass is 10.3. The number of amides is 2. The first-order valence-electron chi connectivity index (χ1n) is 6.84. The fourth-order valence-electron chi connectivity index (χ4n) is 2.25. The molecule has 20 heavy (non-hydrogen) atoms. The molecule has 0 aromatic heterocycles. The summed E-state index contributed by atoms with van der Waals surface area (Å²) in [5.74, 6) is 0.242. The molecule has 1 heterocycles. The van der Waals surface area contributed by atoms with Crippen LogP contribution in [0.15, 0.2) is 35.2 Å². The first-order chi connectivity index (χ1) is 9.58. The second-order valence-electron chi connectivity index (χ2n) is 4.90. The van der Waals surface area contributed by atoms with Crippen molar-refractivity contribution in [2.45, 2.75) is 24.0 Å². The van der Waals surface area contributed by atoms with Crippen LogP contribution in [-0.2, 0) is 9.59 Å². The summed E-state index contributed by atoms with van der Waals surface area (Å²) < 4.78 is 0. The Bertz CT molecular complexity index is 470. The third-order valence-corrected chi connectivity index (χ3v) is 4.54. The van der Waals surface area contributed by atoms with E-state index in [0.717, 1.165) is 4.90 Å². The maximum atomic E-state index is 12.4. The van der Waals surface area contributed by atoms with Crippen LogP contribution >= 0.6 is 11.8 Å². The average Bonchev–Trinajstić information content (AvgIpc) is 2.47. The Morgan fingerprint density at radius 3 is 2.15 bits per heavy atom. The molecule has 0 bridgehead atoms. The Morgan fingerprint density at radius 2 is 1.60 bits per heavy atom. The van der Waals surface area contributed by atoms with E-state index in [2.05, 4.69) is 0 Å². The van der Waals surface area contributed by atoms with Crippen molar-refractivity contribution in [3.05, 3.63) is 30.3 Å². The monoisotopic (exact) mass is 292 g/mol. The summed E-state index contributed by atoms with van der Waals surface area (Å²) in [5, 5.41) is -0.0960. The van der Waals surface area contributed by atoms with Gasteiger partial charge in [-0.05, 0) is 19.1 Å². The summed E-state index contributed by atoms with van der Waals surface area (Å²) in [6.45, 7) is 6.08. The van der Waals surface area contributed by atoms with Crippen LogP contribution < -0.4 is 0 Å². The number of rotatable bonds is 3. The van der Waals surface area contributed by atoms with E-state index in [1.54, 1.807) is 23.6 Å². The molecule has 1 fully saturated rings. The standard InChI is InChI=1S/C15H20N2O2S/c1-12(20-14-6-4-3-5-7-14)15(19)17-10-8-16(9-11-17)13(2)18/h3-7,12H,8-11H2,1-2H3/t12-/m0/s1. The largest absolute Gasteiger partial charge is 0.339 e. The molecule has 108 valence electrons. The lowest BCUT2D eigenvalue weighted by Crippen LogP contribution is -2.51. The predicted molar refractivity (Wildman–Crippen MR) is 80.6 cm³/mol. The number of benzene rings is 1. The molecule has 1 saturated heterocycles. The molecule has 0 N–H and O–H groups in total. The zero-order valence-electron chi connectivity index (χ0n) is 11.9. The summed E-state index contributed by atoms with van der Waals surface area (Å²) in [5.41, 5.74) is 0. The number of carbonyl (C=O) groups excluding carboxylic acids is 2. The van der Waals surface area contributed by atoms with Gasteiger partial charge in [0.25, 0.3) is 0 Å². The van der Waals surface area contributed by atoms with Gasteiger partial charge in [-0.3, -0.25) is 9.59 Å². The molecular weight excluding hydrogens is 272 g/mol. The first-order valence-corrected chi connectivity index (χ1v) is 7.72. The summed E-state index contributed by atoms with van der Waals surface area (Å²) in [7, 11) is 0. The quantitative estimate of drug-likeness (QED) is 0.798. The topological polar surface area (TPSA) is 40.6 Å². The van der Waals surface area contributed by atoms with Gasteiger partial charge in [0.2, 0.25) is 11.8 Å². The third kappa shape index (κ3) is 3.76. The van der Waals surface area contributed by atoms with Crippen molar-refractivity contribution >= 4 is 23.6 Å². The molecule has 1 aliphatic heterocycles. The molecule has 1 aromatic carbocycles. The highest BCUT2D eigenvalue weighted by Gasteiger charge is 2.26. The van der Waals surface area contributed by atoms with Gasteiger partial charge in [0.15, 0.2) is 0 Å². The lowest BCUT2D eigenvalue weighted by molar-refractivity contribution is -0.137. The van der Waals surface area contributed by atoms with Crippen molar-refractivity contribution in [2.24, 2.45) is 0 Å². The lowest BCUT2D eigenvalue weighted by Gasteiger charge is -2.35. The number of carbonyl (C=O) groups is 2. The van der Waals surface area contributed by atoms with Gasteiger partial charge in [0.05, 0.1) is 5.25 Å². The highest BCUT2D eigenvalue weighted by molar-refractivity contribution is 8.00. The van der Waals surface area contributed by atoms with E-state index < -0.39 is 0 Å². The minimum Gasteiger partial charge on any atom is -0.339 e. The van der Waals surface area contributed by atoms with Gasteiger partial charge in [-0.2, -0.15) is 0 Å². The van der Waals surface area contributed by atoms with Crippen molar-refractivity contribution < 1.29 is 9.59 Å². The van der Waals surface area contributed by atoms with E-state index in [1.807, 2.05) is 42.2 Å². The average molecular weight is 292 g/mol. The van der Waals surface area contributed by atoms with Crippen molar-refractivity contribution in [3.63, 3.8) is 0 Å². The van der Waals surface area contributed by atoms with Crippen LogP contribution in [0.4, 0.5) is 0 Å². The SMILES string of the molecule is CC(=O)N1CCN(C(=O)[C@H](C)Sc2ccccc2)CC1. The number of nitrogens with zero attached hydrogens (tertiary/aromatic N) is 2. The van der Waals surface area contributed by atoms with Crippen LogP contribution in [0.5, 0.6) is 0 Å². The van der Waals surface area contributed by atoms with Gasteiger partial charge in [-0.1, -0.05) is 18.2 Å². The van der Waals surface area contributed by atoms with E-state index in [1.165, 1.54) is 0 Å². The molecular formula is C15H20N2O2S. The highest BCUT2D eigenvalue weighted by atomic mass is 32.2. The van der Waals surface area contributed by atoms with Crippen molar-refractivity contribution in [2.75, 3.05) is 26.2 Å². The molecule has 0 spiro atoms. The van der Waals surface area contributed by atoms with Crippen LogP contribution in [0, 0.1) is 0 Å². The van der Waals surface area contributed by atoms with Crippen LogP contribution in [0.3, 0.4) is 0 Å². The number of thioether (sulfide) groups is 1. The molecule has 1 aliphatic rings. The molecule has 0 radical (unpaired) electrons. The summed E-state index contributed by atoms with van der Waals surface area (Å²) in [6, 6.07) is 9.96. The first kappa shape index (κ1) is 14.9. The molecule has 0 aliphatic carbocycles. The van der Waals surface area contributed by atoms with E-state index >= 15 is 0 Å². The van der Waals surface area contributed by atoms with Crippen LogP contribution in [0.2, 0.25) is 0 Å². The second kappa shape index (κ2) is 6.79. The van der Waals surface area contributed by atoms with Crippen LogP contribution in [0.1, 0.15) is 13.8 Å². The minimum absolute atomic E-state index is 0.0869. The Labute approximate surface area is 124 Å². The van der Waals surface area contributed by atoms with Gasteiger partial charge >= 0.3 is 0 Å². The number of piperazine rings is 1. The van der Waals surface area contributed by atoms with E-state index in [-0.39, 0.29) is 17.1 Å². The van der Waals surface area contributed by atoms with E-state index in [9.17, 15) is 9.59 Å². The fourth-order valence-corrected chi connectivity index (χ4v) is 3.22. The van der Waals surface area contributed by atoms with Gasteiger partial charge < -0.3 is 9.80 Å². The fraction of sp³-hybridized carbons (Fsp3) is 0.467. The van der Waals surface area contributed by atoms with E-state index in [0.29, 0.717) is 26.2 Å². The second-order valence-corrected chi connectivity index (χ2v) is 6.32. The van der Waals surface area contributed by atoms with Crippen molar-refractivity contribution in [1.82, 2.24) is 9.80 Å². The molecule has 0 saturated carbocycles. The maximum Gasteiger partial charge on any atom is 0.235 e. The van der Waals surface area contributed by atoms with Crippen LogP contribution in [0.25, 0.3) is 0 Å². The highest BCUT2D eigenvalue weighted by Crippen LogP contribution is 2.24. The maximum absolute atomic E-state index is 12.4. The summed E-state index contributed by atoms with van der Waals surface area (Å²) in [6.07, 6.45) is 0. The summed E-state index contributed by atoms with van der Waals surface area (Å²) >= 11 is 1.58. The van der Waals surface area contributed by atoms with Gasteiger partial charge in [0.1, 0.15) is 0 Å². The van der Waals surface area contributed by atoms with Gasteiger partial charge in [-0.25, -0.2) is 0 Å². The Kier molecular flexibility index (Phi) is 5.06. The summed E-state index contributed by atoms with van der Waals surface area (Å²) in [4.78, 5) is 28.4. The molecule has 5 heteroatoms. The molecule has 2 amide bonds. The Hall–Kier alpha value is -1.49. The third-order valence-electron chi connectivity index (χ3n) is 3.44. The molecule has 2 rings (SSSR count). The Morgan fingerprint density at radius 1 is 1.05 bits per heavy atom. The molecule has 0 unspecified atom stereocenters. The molecule has 1 aromatic rings. The van der Waals surface area contributed by atoms with Crippen molar-refractivity contribution in [1.29, 1.82) is 0 Å². The van der Waals surface area contributed by atoms with Gasteiger partial charge in [0, 0.05) is 38.0 Å². The van der Waals surface area contributed by atoms with E-state index in [4.69, 9.17) is 0 Å². The number of hydrogen-bond acceptors (Lipinski definition) is 3. The normalized spacial score (nSPS) is 16.9. The zero-order valence-corrected chi connectivity index (χ0v) is 12.7. The number of hydrogen-bond donors (Lipinski definition) is 0.